The maximum absolute atomic E-state index is 12.9. The average Bonchev–Trinajstić information content (AvgIpc) is 2.68. The van der Waals surface area contributed by atoms with Gasteiger partial charge in [-0.2, -0.15) is 0 Å². The van der Waals surface area contributed by atoms with Gasteiger partial charge in [-0.05, 0) is 57.2 Å². The predicted molar refractivity (Wildman–Crippen MR) is 114 cm³/mol. The Labute approximate surface area is 180 Å². The number of methoxy groups -OCH3 is 1. The quantitative estimate of drug-likeness (QED) is 0.591. The second kappa shape index (κ2) is 9.82. The number of sulfonamides is 1. The molecule has 2 aromatic carbocycles. The van der Waals surface area contributed by atoms with Gasteiger partial charge in [0.1, 0.15) is 5.75 Å². The van der Waals surface area contributed by atoms with Crippen molar-refractivity contribution in [2.24, 2.45) is 0 Å². The van der Waals surface area contributed by atoms with Crippen LogP contribution in [0.3, 0.4) is 0 Å². The lowest BCUT2D eigenvalue weighted by Gasteiger charge is -2.14. The molecule has 2 N–H and O–H groups in total. The Bertz CT molecular complexity index is 1050. The fourth-order valence-electron chi connectivity index (χ4n) is 2.54. The summed E-state index contributed by atoms with van der Waals surface area (Å²) in [5, 5.41) is 2.83. The molecule has 0 bridgehead atoms. The molecule has 10 heteroatoms. The van der Waals surface area contributed by atoms with Gasteiger partial charge in [-0.3, -0.25) is 9.52 Å². The lowest BCUT2D eigenvalue weighted by atomic mass is 10.2. The average molecular weight is 455 g/mol. The first kappa shape index (κ1) is 23.5. The number of ether oxygens (including phenoxy) is 2. The zero-order valence-corrected chi connectivity index (χ0v) is 18.6. The molecule has 8 nitrogen and oxygen atoms in total. The van der Waals surface area contributed by atoms with Crippen LogP contribution < -0.4 is 14.8 Å². The molecule has 0 aromatic heterocycles. The maximum Gasteiger partial charge on any atom is 0.339 e. The van der Waals surface area contributed by atoms with Gasteiger partial charge in [-0.25, -0.2) is 13.2 Å². The van der Waals surface area contributed by atoms with Crippen molar-refractivity contribution in [2.75, 3.05) is 18.4 Å². The number of rotatable bonds is 8. The van der Waals surface area contributed by atoms with E-state index in [1.807, 2.05) is 0 Å². The van der Waals surface area contributed by atoms with Crippen molar-refractivity contribution in [1.29, 1.82) is 0 Å². The normalized spacial score (nSPS) is 11.1. The van der Waals surface area contributed by atoms with E-state index in [0.29, 0.717) is 0 Å². The molecule has 0 aliphatic carbocycles. The number of amides is 1. The number of benzene rings is 2. The van der Waals surface area contributed by atoms with Crippen LogP contribution in [0.25, 0.3) is 0 Å². The number of anilines is 1. The number of nitrogens with one attached hydrogen (secondary N) is 2. The molecule has 0 fully saturated rings. The molecule has 0 heterocycles. The highest BCUT2D eigenvalue weighted by Gasteiger charge is 2.21. The molecule has 0 spiro atoms. The van der Waals surface area contributed by atoms with Crippen LogP contribution in [0.5, 0.6) is 5.75 Å². The molecule has 0 saturated carbocycles. The molecule has 0 aliphatic heterocycles. The van der Waals surface area contributed by atoms with Crippen molar-refractivity contribution in [2.45, 2.75) is 31.7 Å². The van der Waals surface area contributed by atoms with Gasteiger partial charge >= 0.3 is 5.97 Å². The fraction of sp³-hybridized carbons (Fsp3) is 0.300. The number of hydrogen-bond acceptors (Lipinski definition) is 6. The van der Waals surface area contributed by atoms with Crippen LogP contribution in [-0.4, -0.2) is 40.1 Å². The molecule has 30 heavy (non-hydrogen) atoms. The number of carbonyl (C=O) groups is 2. The summed E-state index contributed by atoms with van der Waals surface area (Å²) in [7, 11) is -2.68. The van der Waals surface area contributed by atoms with Gasteiger partial charge in [0.05, 0.1) is 34.8 Å². The third-order valence-corrected chi connectivity index (χ3v) is 5.57. The van der Waals surface area contributed by atoms with E-state index in [9.17, 15) is 18.0 Å². The summed E-state index contributed by atoms with van der Waals surface area (Å²) < 4.78 is 38.2. The molecule has 0 saturated heterocycles. The zero-order chi connectivity index (χ0) is 22.5. The predicted octanol–water partition coefficient (Wildman–Crippen LogP) is 3.46. The highest BCUT2D eigenvalue weighted by Crippen LogP contribution is 2.26. The lowest BCUT2D eigenvalue weighted by Crippen LogP contribution is -2.30. The van der Waals surface area contributed by atoms with Crippen LogP contribution in [0.4, 0.5) is 5.69 Å². The van der Waals surface area contributed by atoms with Crippen LogP contribution in [0, 0.1) is 0 Å². The first-order chi connectivity index (χ1) is 14.1. The molecular weight excluding hydrogens is 432 g/mol. The van der Waals surface area contributed by atoms with E-state index >= 15 is 0 Å². The van der Waals surface area contributed by atoms with E-state index in [0.717, 1.165) is 0 Å². The highest BCUT2D eigenvalue weighted by molar-refractivity contribution is 7.92. The molecule has 2 rings (SSSR count). The number of halogens is 1. The number of carbonyl (C=O) groups excluding carboxylic acids is 2. The van der Waals surface area contributed by atoms with Crippen LogP contribution in [0.2, 0.25) is 5.02 Å². The minimum absolute atomic E-state index is 0.0328. The van der Waals surface area contributed by atoms with E-state index in [2.05, 4.69) is 10.0 Å². The summed E-state index contributed by atoms with van der Waals surface area (Å²) in [6, 6.07) is 7.88. The fourth-order valence-corrected chi connectivity index (χ4v) is 3.81. The van der Waals surface area contributed by atoms with Crippen molar-refractivity contribution in [1.82, 2.24) is 5.32 Å². The smallest absolute Gasteiger partial charge is 0.339 e. The molecule has 162 valence electrons. The molecule has 0 aliphatic rings. The van der Waals surface area contributed by atoms with Gasteiger partial charge < -0.3 is 14.8 Å². The summed E-state index contributed by atoms with van der Waals surface area (Å²) in [5.41, 5.74) is 0.231. The largest absolute Gasteiger partial charge is 0.496 e. The third-order valence-electron chi connectivity index (χ3n) is 3.86. The van der Waals surface area contributed by atoms with Gasteiger partial charge in [0.15, 0.2) is 0 Å². The topological polar surface area (TPSA) is 111 Å². The summed E-state index contributed by atoms with van der Waals surface area (Å²) in [6.07, 6.45) is 0. The van der Waals surface area contributed by atoms with Gasteiger partial charge in [0, 0.05) is 11.7 Å². The SMILES string of the molecule is CCOC(=O)c1cc(NS(=O)(=O)c2ccc(OC)c(C(=O)NC(C)C)c2)ccc1Cl. The van der Waals surface area contributed by atoms with Crippen molar-refractivity contribution < 1.29 is 27.5 Å². The number of esters is 1. The monoisotopic (exact) mass is 454 g/mol. The summed E-state index contributed by atoms with van der Waals surface area (Å²) in [6.45, 7) is 5.37. The lowest BCUT2D eigenvalue weighted by molar-refractivity contribution is 0.0526. The third kappa shape index (κ3) is 5.64. The van der Waals surface area contributed by atoms with Crippen LogP contribution in [-0.2, 0) is 14.8 Å². The molecule has 0 radical (unpaired) electrons. The Balaban J connectivity index is 2.39. The van der Waals surface area contributed by atoms with E-state index in [1.165, 1.54) is 43.5 Å². The highest BCUT2D eigenvalue weighted by atomic mass is 35.5. The Morgan fingerprint density at radius 2 is 1.80 bits per heavy atom. The molecule has 1 amide bonds. The van der Waals surface area contributed by atoms with E-state index < -0.39 is 21.9 Å². The minimum Gasteiger partial charge on any atom is -0.496 e. The summed E-state index contributed by atoms with van der Waals surface area (Å²) in [5.74, 6) is -0.890. The van der Waals surface area contributed by atoms with E-state index in [-0.39, 0.29) is 45.1 Å². The Morgan fingerprint density at radius 1 is 1.10 bits per heavy atom. The van der Waals surface area contributed by atoms with Crippen molar-refractivity contribution >= 4 is 39.2 Å². The van der Waals surface area contributed by atoms with Crippen molar-refractivity contribution in [3.05, 3.63) is 52.5 Å². The first-order valence-corrected chi connectivity index (χ1v) is 10.9. The van der Waals surface area contributed by atoms with Gasteiger partial charge in [0.25, 0.3) is 15.9 Å². The summed E-state index contributed by atoms with van der Waals surface area (Å²) >= 11 is 6.01. The van der Waals surface area contributed by atoms with Crippen LogP contribution in [0.15, 0.2) is 41.3 Å². The van der Waals surface area contributed by atoms with Gasteiger partial charge in [-0.15, -0.1) is 0 Å². The van der Waals surface area contributed by atoms with Crippen molar-refractivity contribution in [3.8, 4) is 5.75 Å². The first-order valence-electron chi connectivity index (χ1n) is 9.07. The minimum atomic E-state index is -4.07. The second-order valence-electron chi connectivity index (χ2n) is 6.51. The van der Waals surface area contributed by atoms with Gasteiger partial charge in [-0.1, -0.05) is 11.6 Å². The maximum atomic E-state index is 12.9. The second-order valence-corrected chi connectivity index (χ2v) is 8.60. The van der Waals surface area contributed by atoms with Crippen LogP contribution in [0.1, 0.15) is 41.5 Å². The summed E-state index contributed by atoms with van der Waals surface area (Å²) in [4.78, 5) is 24.3. The standard InChI is InChI=1S/C20H23ClN2O6S/c1-5-29-20(25)15-10-13(6-8-17(15)21)23-30(26,27)14-7-9-18(28-4)16(11-14)19(24)22-12(2)3/h6-12,23H,5H2,1-4H3,(H,22,24). The van der Waals surface area contributed by atoms with Crippen LogP contribution >= 0.6 is 11.6 Å². The van der Waals surface area contributed by atoms with Gasteiger partial charge in [0.2, 0.25) is 0 Å². The molecule has 0 unspecified atom stereocenters. The molecule has 0 atom stereocenters. The number of hydrogen-bond donors (Lipinski definition) is 2. The Morgan fingerprint density at radius 3 is 2.40 bits per heavy atom. The van der Waals surface area contributed by atoms with E-state index in [4.69, 9.17) is 21.1 Å². The molecule has 2 aromatic rings. The zero-order valence-electron chi connectivity index (χ0n) is 17.0. The van der Waals surface area contributed by atoms with E-state index in [1.54, 1.807) is 20.8 Å². The molecular formula is C20H23ClN2O6S. The Hall–Kier alpha value is -2.78. The Kier molecular flexibility index (Phi) is 7.69. The van der Waals surface area contributed by atoms with Crippen molar-refractivity contribution in [3.63, 3.8) is 0 Å².